The molecule has 0 radical (unpaired) electrons. The second-order valence-corrected chi connectivity index (χ2v) is 19.1. The number of alkyl halides is 1. The molecule has 0 spiro atoms. The Kier molecular flexibility index (Phi) is 8.10. The van der Waals surface area contributed by atoms with Crippen LogP contribution in [0.3, 0.4) is 0 Å². The Morgan fingerprint density at radius 2 is 1.30 bits per heavy atom. The third kappa shape index (κ3) is 5.26. The second-order valence-electron chi connectivity index (χ2n) is 17.4. The first kappa shape index (κ1) is 33.8. The third-order valence-electron chi connectivity index (χ3n) is 14.5. The van der Waals surface area contributed by atoms with Crippen molar-refractivity contribution in [1.29, 1.82) is 0 Å². The maximum atomic E-state index is 2.65. The van der Waals surface area contributed by atoms with Gasteiger partial charge in [0.25, 0.3) is 0 Å². The van der Waals surface area contributed by atoms with Crippen molar-refractivity contribution in [2.24, 2.45) is 23.7 Å². The molecule has 7 aliphatic carbocycles. The lowest BCUT2D eigenvalue weighted by molar-refractivity contribution is 0.347. The van der Waals surface area contributed by atoms with E-state index >= 15 is 0 Å². The second kappa shape index (κ2) is 12.7. The molecule has 0 heterocycles. The Hall–Kier alpha value is -3.69. The average molecular weight is 803 g/mol. The lowest BCUT2D eigenvalue weighted by Gasteiger charge is -2.34. The van der Waals surface area contributed by atoms with E-state index in [4.69, 9.17) is 0 Å². The Bertz CT molecular complexity index is 2300. The van der Waals surface area contributed by atoms with Gasteiger partial charge in [-0.2, -0.15) is 0 Å². The van der Waals surface area contributed by atoms with Gasteiger partial charge in [0, 0.05) is 26.6 Å². The predicted molar refractivity (Wildman–Crippen MR) is 234 cm³/mol. The summed E-state index contributed by atoms with van der Waals surface area (Å²) < 4.78 is 0.834. The monoisotopic (exact) mass is 802 g/mol. The van der Waals surface area contributed by atoms with Crippen LogP contribution in [0.5, 0.6) is 0 Å². The van der Waals surface area contributed by atoms with E-state index in [0.717, 1.165) is 35.5 Å². The van der Waals surface area contributed by atoms with Crippen LogP contribution in [0, 0.1) is 23.7 Å². The van der Waals surface area contributed by atoms with Crippen molar-refractivity contribution in [3.8, 4) is 11.1 Å². The summed E-state index contributed by atoms with van der Waals surface area (Å²) in [6.45, 7) is 9.64. The first-order valence-electron chi connectivity index (χ1n) is 20.5. The molecule has 5 atom stereocenters. The number of allylic oxidation sites excluding steroid dienone is 16. The maximum absolute atomic E-state index is 2.65. The fraction of sp³-hybridized carbons (Fsp3) is 0.346. The molecule has 53 heavy (non-hydrogen) atoms. The Labute approximate surface area is 331 Å². The Balaban J connectivity index is 0.933. The maximum Gasteiger partial charge on any atom is 0.0210 e. The molecule has 0 aromatic heterocycles. The summed E-state index contributed by atoms with van der Waals surface area (Å²) in [4.78, 5) is 0. The topological polar surface area (TPSA) is 0 Å². The molecule has 1 heteroatoms. The van der Waals surface area contributed by atoms with Crippen LogP contribution >= 0.6 is 22.6 Å². The summed E-state index contributed by atoms with van der Waals surface area (Å²) in [6.07, 6.45) is 33.3. The van der Waals surface area contributed by atoms with Gasteiger partial charge in [-0.3, -0.25) is 0 Å². The molecule has 266 valence electrons. The minimum absolute atomic E-state index is 0.0270. The van der Waals surface area contributed by atoms with Crippen molar-refractivity contribution in [3.63, 3.8) is 0 Å². The van der Waals surface area contributed by atoms with E-state index in [1.807, 2.05) is 0 Å². The summed E-state index contributed by atoms with van der Waals surface area (Å²) in [7, 11) is 0. The summed E-state index contributed by atoms with van der Waals surface area (Å²) in [5.41, 5.74) is 20.5. The smallest absolute Gasteiger partial charge is 0.0210 e. The van der Waals surface area contributed by atoms with Crippen LogP contribution in [0.2, 0.25) is 0 Å². The Morgan fingerprint density at radius 1 is 0.642 bits per heavy atom. The van der Waals surface area contributed by atoms with E-state index < -0.39 is 0 Å². The van der Waals surface area contributed by atoms with Gasteiger partial charge in [0.05, 0.1) is 0 Å². The highest BCUT2D eigenvalue weighted by atomic mass is 127. The molecular formula is C52H51I. The van der Waals surface area contributed by atoms with Gasteiger partial charge in [0.1, 0.15) is 0 Å². The molecule has 10 rings (SSSR count). The van der Waals surface area contributed by atoms with Crippen molar-refractivity contribution in [1.82, 2.24) is 0 Å². The number of hydrogen-bond acceptors (Lipinski definition) is 0. The fourth-order valence-electron chi connectivity index (χ4n) is 11.4. The van der Waals surface area contributed by atoms with Crippen molar-refractivity contribution in [2.45, 2.75) is 87.4 Å². The van der Waals surface area contributed by atoms with Crippen LogP contribution in [0.25, 0.3) is 27.8 Å². The number of benzene rings is 3. The van der Waals surface area contributed by atoms with Crippen LogP contribution in [-0.2, 0) is 10.8 Å². The molecule has 0 amide bonds. The molecular weight excluding hydrogens is 751 g/mol. The predicted octanol–water partition coefficient (Wildman–Crippen LogP) is 14.1. The van der Waals surface area contributed by atoms with Gasteiger partial charge in [-0.25, -0.2) is 0 Å². The normalized spacial score (nSPS) is 28.1. The van der Waals surface area contributed by atoms with E-state index in [2.05, 4.69) is 172 Å². The van der Waals surface area contributed by atoms with Gasteiger partial charge in [0.15, 0.2) is 0 Å². The highest BCUT2D eigenvalue weighted by molar-refractivity contribution is 14.1. The van der Waals surface area contributed by atoms with Gasteiger partial charge in [-0.05, 0) is 147 Å². The van der Waals surface area contributed by atoms with E-state index in [1.165, 1.54) is 91.6 Å². The molecule has 3 aromatic carbocycles. The van der Waals surface area contributed by atoms with E-state index in [0.29, 0.717) is 17.8 Å². The molecule has 7 aliphatic rings. The number of halogens is 1. The number of fused-ring (bicyclic) bond motifs is 7. The zero-order valence-electron chi connectivity index (χ0n) is 31.8. The lowest BCUT2D eigenvalue weighted by Crippen LogP contribution is -2.24. The van der Waals surface area contributed by atoms with Crippen LogP contribution in [0.1, 0.15) is 106 Å². The van der Waals surface area contributed by atoms with Crippen LogP contribution in [0.4, 0.5) is 0 Å². The van der Waals surface area contributed by atoms with E-state index in [9.17, 15) is 0 Å². The molecule has 1 saturated carbocycles. The number of rotatable bonds is 5. The summed E-state index contributed by atoms with van der Waals surface area (Å²) >= 11 is 2.65. The van der Waals surface area contributed by atoms with Crippen molar-refractivity contribution < 1.29 is 0 Å². The summed E-state index contributed by atoms with van der Waals surface area (Å²) in [6, 6.07) is 23.9. The summed E-state index contributed by atoms with van der Waals surface area (Å²) in [5, 5.41) is 0. The van der Waals surface area contributed by atoms with E-state index in [-0.39, 0.29) is 10.8 Å². The minimum Gasteiger partial charge on any atom is -0.0826 e. The highest BCUT2D eigenvalue weighted by Gasteiger charge is 2.42. The third-order valence-corrected chi connectivity index (χ3v) is 15.6. The largest absolute Gasteiger partial charge is 0.0826 e. The van der Waals surface area contributed by atoms with Gasteiger partial charge in [0.2, 0.25) is 0 Å². The van der Waals surface area contributed by atoms with Crippen molar-refractivity contribution in [2.75, 3.05) is 0 Å². The van der Waals surface area contributed by atoms with Gasteiger partial charge in [-0.15, -0.1) is 0 Å². The zero-order valence-corrected chi connectivity index (χ0v) is 33.9. The average Bonchev–Trinajstić information content (AvgIpc) is 3.61. The summed E-state index contributed by atoms with van der Waals surface area (Å²) in [5.74, 6) is 2.27. The standard InChI is InChI=1S/C52H51I/c1-5-52(6-2)49-30-40(36-14-13-33-25-32(11-12-34(33)26-36)35-15-16-38-28-42(53)21-17-37(38)27-35)19-23-45(49)46-24-20-41(31-50(46)52)39-18-22-44-43-9-7-8-10-47(43)51(3,4)48(44)29-39/h7-16,19-20,23-27,29-31,33-34,37-38,42H,5-6,17-18,21-22,28H2,1-4H3. The van der Waals surface area contributed by atoms with Gasteiger partial charge in [-0.1, -0.05) is 160 Å². The number of hydrogen-bond donors (Lipinski definition) is 0. The highest BCUT2D eigenvalue weighted by Crippen LogP contribution is 2.56. The first-order valence-corrected chi connectivity index (χ1v) is 21.7. The molecule has 0 saturated heterocycles. The molecule has 5 unspecified atom stereocenters. The molecule has 3 aromatic rings. The van der Waals surface area contributed by atoms with E-state index in [1.54, 1.807) is 5.57 Å². The molecule has 1 fully saturated rings. The SMILES string of the molecule is CCC1(CC)c2cc(C3=CC4C=CC(C5=CC6CCC(I)CC6C=C5)=CC4C=C3)ccc2-c2ccc(C3=CC4=C(CC3)c3ccccc3C4(C)C)cc21. The fourth-order valence-corrected chi connectivity index (χ4v) is 12.3. The molecule has 0 N–H and O–H groups in total. The van der Waals surface area contributed by atoms with Crippen LogP contribution in [0.15, 0.2) is 138 Å². The molecule has 0 aliphatic heterocycles. The van der Waals surface area contributed by atoms with Crippen LogP contribution in [-0.4, -0.2) is 3.92 Å². The quantitative estimate of drug-likeness (QED) is 0.178. The Morgan fingerprint density at radius 3 is 2.08 bits per heavy atom. The lowest BCUT2D eigenvalue weighted by atomic mass is 9.72. The van der Waals surface area contributed by atoms with Crippen molar-refractivity contribution >= 4 is 39.3 Å². The minimum atomic E-state index is 0.0270. The zero-order chi connectivity index (χ0) is 36.1. The van der Waals surface area contributed by atoms with Gasteiger partial charge < -0.3 is 0 Å². The van der Waals surface area contributed by atoms with Gasteiger partial charge >= 0.3 is 0 Å². The van der Waals surface area contributed by atoms with Crippen molar-refractivity contribution in [3.05, 3.63) is 172 Å². The van der Waals surface area contributed by atoms with Crippen LogP contribution < -0.4 is 0 Å². The molecule has 0 nitrogen and oxygen atoms in total. The molecule has 0 bridgehead atoms. The first-order chi connectivity index (χ1) is 25.8.